The zero-order valence-electron chi connectivity index (χ0n) is 12.4. The van der Waals surface area contributed by atoms with Crippen LogP contribution < -0.4 is 0 Å². The van der Waals surface area contributed by atoms with E-state index in [0.717, 1.165) is 19.6 Å². The quantitative estimate of drug-likeness (QED) is 0.781. The van der Waals surface area contributed by atoms with Crippen LogP contribution in [0.4, 0.5) is 0 Å². The first kappa shape index (κ1) is 16.7. The monoisotopic (exact) mass is 289 g/mol. The molecule has 19 heavy (non-hydrogen) atoms. The van der Waals surface area contributed by atoms with Crippen molar-refractivity contribution in [3.05, 3.63) is 5.92 Å². The van der Waals surface area contributed by atoms with Gasteiger partial charge in [-0.1, -0.05) is 13.8 Å². The number of halogens is 1. The van der Waals surface area contributed by atoms with E-state index >= 15 is 0 Å². The number of rotatable bonds is 5. The molecule has 111 valence electrons. The fraction of sp³-hybridized carbons (Fsp3) is 0.857. The molecule has 1 aliphatic rings. The number of alkyl halides is 1. The number of aliphatic hydroxyl groups is 1. The molecule has 0 aromatic heterocycles. The van der Waals surface area contributed by atoms with E-state index in [1.54, 1.807) is 18.9 Å². The molecule has 1 aliphatic heterocycles. The largest absolute Gasteiger partial charge is 0.388 e. The lowest BCUT2D eigenvalue weighted by molar-refractivity contribution is -0.134. The van der Waals surface area contributed by atoms with E-state index in [9.17, 15) is 9.90 Å². The van der Waals surface area contributed by atoms with Gasteiger partial charge in [-0.2, -0.15) is 0 Å². The smallest absolute Gasteiger partial charge is 0.240 e. The molecule has 1 N–H and O–H groups in total. The second-order valence-electron chi connectivity index (χ2n) is 6.02. The van der Waals surface area contributed by atoms with Crippen LogP contribution in [-0.4, -0.2) is 65.0 Å². The maximum Gasteiger partial charge on any atom is 0.240 e. The normalized spacial score (nSPS) is 21.4. The van der Waals surface area contributed by atoms with Crippen LogP contribution >= 0.6 is 11.6 Å². The summed E-state index contributed by atoms with van der Waals surface area (Å²) >= 11 is 5.78. The number of amides is 1. The summed E-state index contributed by atoms with van der Waals surface area (Å²) in [5.74, 6) is 1.25. The Balaban J connectivity index is 2.45. The highest BCUT2D eigenvalue weighted by molar-refractivity contribution is 6.30. The summed E-state index contributed by atoms with van der Waals surface area (Å²) in [7, 11) is 1.70. The van der Waals surface area contributed by atoms with Gasteiger partial charge in [0.1, 0.15) is 5.38 Å². The number of nitrogens with zero attached hydrogens (tertiary/aromatic N) is 2. The van der Waals surface area contributed by atoms with Crippen molar-refractivity contribution >= 4 is 17.5 Å². The fourth-order valence-corrected chi connectivity index (χ4v) is 2.72. The zero-order valence-corrected chi connectivity index (χ0v) is 13.2. The number of piperidine rings is 1. The first-order chi connectivity index (χ1) is 8.73. The molecule has 0 bridgehead atoms. The van der Waals surface area contributed by atoms with E-state index < -0.39 is 11.0 Å². The summed E-state index contributed by atoms with van der Waals surface area (Å²) in [6.07, 6.45) is 1.41. The van der Waals surface area contributed by atoms with Gasteiger partial charge in [-0.25, -0.2) is 0 Å². The molecule has 1 saturated heterocycles. The molecule has 0 aromatic rings. The van der Waals surface area contributed by atoms with Crippen molar-refractivity contribution < 1.29 is 9.90 Å². The van der Waals surface area contributed by atoms with Crippen LogP contribution in [0.3, 0.4) is 0 Å². The van der Waals surface area contributed by atoms with Gasteiger partial charge in [0.15, 0.2) is 0 Å². The predicted molar refractivity (Wildman–Crippen MR) is 78.2 cm³/mol. The average Bonchev–Trinajstić information content (AvgIpc) is 2.30. The highest BCUT2D eigenvalue weighted by Gasteiger charge is 2.34. The summed E-state index contributed by atoms with van der Waals surface area (Å²) in [4.78, 5) is 15.6. The molecule has 0 aromatic carbocycles. The highest BCUT2D eigenvalue weighted by atomic mass is 35.5. The van der Waals surface area contributed by atoms with Crippen molar-refractivity contribution in [2.24, 2.45) is 0 Å². The molecule has 0 aliphatic carbocycles. The third kappa shape index (κ3) is 5.28. The molecule has 1 rings (SSSR count). The summed E-state index contributed by atoms with van der Waals surface area (Å²) in [6, 6.07) is 0. The van der Waals surface area contributed by atoms with E-state index in [2.05, 4.69) is 18.7 Å². The van der Waals surface area contributed by atoms with Gasteiger partial charge in [-0.3, -0.25) is 4.79 Å². The Morgan fingerprint density at radius 3 is 2.37 bits per heavy atom. The van der Waals surface area contributed by atoms with Gasteiger partial charge in [0.2, 0.25) is 5.91 Å². The van der Waals surface area contributed by atoms with Gasteiger partial charge < -0.3 is 14.9 Å². The van der Waals surface area contributed by atoms with E-state index in [0.29, 0.717) is 19.4 Å². The maximum atomic E-state index is 11.7. The Hall–Kier alpha value is -0.320. The molecule has 1 radical (unpaired) electrons. The first-order valence-corrected chi connectivity index (χ1v) is 7.30. The number of carbonyl (C=O) groups excluding carboxylic acids is 1. The van der Waals surface area contributed by atoms with Crippen LogP contribution in [0, 0.1) is 5.92 Å². The molecule has 1 heterocycles. The van der Waals surface area contributed by atoms with Crippen LogP contribution in [0.2, 0.25) is 0 Å². The summed E-state index contributed by atoms with van der Waals surface area (Å²) in [5, 5.41) is 10.0. The maximum absolute atomic E-state index is 11.7. The molecule has 1 atom stereocenters. The van der Waals surface area contributed by atoms with Crippen LogP contribution in [0.15, 0.2) is 0 Å². The number of hydrogen-bond acceptors (Lipinski definition) is 3. The van der Waals surface area contributed by atoms with Gasteiger partial charge >= 0.3 is 0 Å². The van der Waals surface area contributed by atoms with Crippen LogP contribution in [0.5, 0.6) is 0 Å². The topological polar surface area (TPSA) is 43.8 Å². The lowest BCUT2D eigenvalue weighted by Crippen LogP contribution is -2.52. The fourth-order valence-electron chi connectivity index (χ4n) is 2.56. The summed E-state index contributed by atoms with van der Waals surface area (Å²) < 4.78 is 0. The van der Waals surface area contributed by atoms with Crippen LogP contribution in [0.1, 0.15) is 33.6 Å². The number of likely N-dealkylation sites (tertiary alicyclic amines) is 1. The van der Waals surface area contributed by atoms with Gasteiger partial charge in [0.05, 0.1) is 5.60 Å². The number of likely N-dealkylation sites (N-methyl/N-ethyl adjacent to an activating group) is 1. The van der Waals surface area contributed by atoms with Crippen molar-refractivity contribution in [3.8, 4) is 0 Å². The molecule has 0 spiro atoms. The summed E-state index contributed by atoms with van der Waals surface area (Å²) in [6.45, 7) is 9.01. The van der Waals surface area contributed by atoms with Gasteiger partial charge in [0, 0.05) is 33.2 Å². The minimum absolute atomic E-state index is 0.129. The molecule has 5 heteroatoms. The third-order valence-electron chi connectivity index (χ3n) is 3.57. The predicted octanol–water partition coefficient (Wildman–Crippen LogP) is 1.51. The Kier molecular flexibility index (Phi) is 6.09. The van der Waals surface area contributed by atoms with E-state index in [1.807, 2.05) is 0 Å². The van der Waals surface area contributed by atoms with Crippen molar-refractivity contribution in [1.29, 1.82) is 0 Å². The Morgan fingerprint density at radius 2 is 1.95 bits per heavy atom. The second kappa shape index (κ2) is 6.91. The molecule has 1 fully saturated rings. The number of carbonyl (C=O) groups is 1. The van der Waals surface area contributed by atoms with Crippen molar-refractivity contribution in [1.82, 2.24) is 9.80 Å². The minimum atomic E-state index is -0.770. The van der Waals surface area contributed by atoms with E-state index in [1.165, 1.54) is 5.92 Å². The average molecular weight is 290 g/mol. The molecular weight excluding hydrogens is 264 g/mol. The molecule has 0 saturated carbocycles. The second-order valence-corrected chi connectivity index (χ2v) is 6.67. The third-order valence-corrected chi connectivity index (χ3v) is 3.76. The SMILES string of the molecule is C[C](C)CN1CCC(O)(CN(C)C(=O)[C@H](C)Cl)CC1. The molecule has 4 nitrogen and oxygen atoms in total. The van der Waals surface area contributed by atoms with Crippen molar-refractivity contribution in [3.63, 3.8) is 0 Å². The Morgan fingerprint density at radius 1 is 1.42 bits per heavy atom. The van der Waals surface area contributed by atoms with Gasteiger partial charge in [0.25, 0.3) is 0 Å². The van der Waals surface area contributed by atoms with Gasteiger partial charge in [-0.15, -0.1) is 11.6 Å². The van der Waals surface area contributed by atoms with Crippen molar-refractivity contribution in [2.45, 2.75) is 44.6 Å². The zero-order chi connectivity index (χ0) is 14.6. The number of hydrogen-bond donors (Lipinski definition) is 1. The lowest BCUT2D eigenvalue weighted by atomic mass is 9.90. The summed E-state index contributed by atoms with van der Waals surface area (Å²) in [5.41, 5.74) is -0.770. The Bertz CT molecular complexity index is 300. The highest BCUT2D eigenvalue weighted by Crippen LogP contribution is 2.24. The minimum Gasteiger partial charge on any atom is -0.388 e. The molecular formula is C14H26ClN2O2. The van der Waals surface area contributed by atoms with Gasteiger partial charge in [-0.05, 0) is 25.7 Å². The van der Waals surface area contributed by atoms with E-state index in [-0.39, 0.29) is 5.91 Å². The first-order valence-electron chi connectivity index (χ1n) is 6.86. The molecule has 0 unspecified atom stereocenters. The Labute approximate surface area is 121 Å². The molecule has 1 amide bonds. The standard InChI is InChI=1S/C14H26ClN2O2/c1-11(2)9-17-7-5-14(19,6-8-17)10-16(4)13(18)12(3)15/h12,19H,5-10H2,1-4H3/t12-/m0/s1. The van der Waals surface area contributed by atoms with Crippen molar-refractivity contribution in [2.75, 3.05) is 33.2 Å². The van der Waals surface area contributed by atoms with E-state index in [4.69, 9.17) is 11.6 Å². The van der Waals surface area contributed by atoms with Crippen LogP contribution in [0.25, 0.3) is 0 Å². The lowest BCUT2D eigenvalue weighted by Gasteiger charge is -2.40. The van der Waals surface area contributed by atoms with Crippen LogP contribution in [-0.2, 0) is 4.79 Å².